The number of benzene rings is 1. The van der Waals surface area contributed by atoms with Crippen LogP contribution in [0.15, 0.2) is 29.2 Å². The predicted octanol–water partition coefficient (Wildman–Crippen LogP) is 1.87. The third-order valence-corrected chi connectivity index (χ3v) is 3.85. The summed E-state index contributed by atoms with van der Waals surface area (Å²) in [4.78, 5) is 11.3. The van der Waals surface area contributed by atoms with Crippen molar-refractivity contribution in [3.8, 4) is 0 Å². The van der Waals surface area contributed by atoms with Crippen LogP contribution in [0.1, 0.15) is 50.4 Å². The lowest BCUT2D eigenvalue weighted by Gasteiger charge is -2.02. The number of rotatable bonds is 8. The molecule has 0 atom stereocenters. The van der Waals surface area contributed by atoms with Crippen LogP contribution in [0.5, 0.6) is 0 Å². The summed E-state index contributed by atoms with van der Waals surface area (Å²) < 4.78 is 21.8. The number of unbranched alkanes of at least 4 members (excludes halogenated alkanes) is 1. The maximum Gasteiger partial charge on any atom is 0.251 e. The highest BCUT2D eigenvalue weighted by molar-refractivity contribution is 7.89. The second kappa shape index (κ2) is 12.0. The molecule has 0 fully saturated rings. The number of hydrogen-bond donors (Lipinski definition) is 3. The highest BCUT2D eigenvalue weighted by Gasteiger charge is 2.09. The zero-order valence-corrected chi connectivity index (χ0v) is 15.1. The van der Waals surface area contributed by atoms with Crippen molar-refractivity contribution >= 4 is 15.9 Å². The van der Waals surface area contributed by atoms with E-state index >= 15 is 0 Å². The van der Waals surface area contributed by atoms with Crippen molar-refractivity contribution in [2.45, 2.75) is 44.9 Å². The van der Waals surface area contributed by atoms with Crippen molar-refractivity contribution in [3.05, 3.63) is 29.8 Å². The molecule has 7 heteroatoms. The van der Waals surface area contributed by atoms with E-state index in [9.17, 15) is 13.2 Å². The summed E-state index contributed by atoms with van der Waals surface area (Å²) in [5.74, 6) is -0.238. The summed E-state index contributed by atoms with van der Waals surface area (Å²) in [5.41, 5.74) is 0.407. The number of sulfonamides is 1. The molecule has 23 heavy (non-hydrogen) atoms. The van der Waals surface area contributed by atoms with Gasteiger partial charge in [-0.15, -0.1) is 0 Å². The third-order valence-electron chi connectivity index (χ3n) is 2.92. The van der Waals surface area contributed by atoms with Gasteiger partial charge in [-0.2, -0.15) is 0 Å². The van der Waals surface area contributed by atoms with E-state index in [4.69, 9.17) is 5.14 Å². The number of primary sulfonamides is 1. The van der Waals surface area contributed by atoms with E-state index in [1.807, 2.05) is 0 Å². The highest BCUT2D eigenvalue weighted by atomic mass is 32.2. The van der Waals surface area contributed by atoms with E-state index in [2.05, 4.69) is 24.5 Å². The fourth-order valence-electron chi connectivity index (χ4n) is 1.66. The van der Waals surface area contributed by atoms with Crippen LogP contribution in [0.2, 0.25) is 0 Å². The lowest BCUT2D eigenvalue weighted by molar-refractivity contribution is 0.0955. The van der Waals surface area contributed by atoms with E-state index < -0.39 is 10.0 Å². The second-order valence-corrected chi connectivity index (χ2v) is 6.59. The number of nitrogens with two attached hydrogens (primary N) is 1. The monoisotopic (exact) mass is 343 g/mol. The molecule has 0 saturated carbocycles. The molecule has 4 N–H and O–H groups in total. The van der Waals surface area contributed by atoms with Gasteiger partial charge in [-0.25, -0.2) is 13.6 Å². The van der Waals surface area contributed by atoms with Gasteiger partial charge in [-0.05, 0) is 57.1 Å². The van der Waals surface area contributed by atoms with Crippen molar-refractivity contribution in [3.63, 3.8) is 0 Å². The van der Waals surface area contributed by atoms with E-state index in [1.165, 1.54) is 56.6 Å². The van der Waals surface area contributed by atoms with E-state index in [0.29, 0.717) is 12.1 Å². The Bertz CT molecular complexity index is 536. The molecule has 1 rings (SSSR count). The smallest absolute Gasteiger partial charge is 0.251 e. The number of hydrogen-bond acceptors (Lipinski definition) is 4. The molecule has 0 aliphatic carbocycles. The molecule has 0 spiro atoms. The zero-order valence-electron chi connectivity index (χ0n) is 14.3. The van der Waals surface area contributed by atoms with Crippen molar-refractivity contribution in [1.82, 2.24) is 10.6 Å². The SMILES string of the molecule is CCCCNCCC.CCNC(=O)c1ccc(S(N)(=O)=O)cc1. The van der Waals surface area contributed by atoms with Gasteiger partial charge < -0.3 is 10.6 Å². The molecule has 0 bridgehead atoms. The van der Waals surface area contributed by atoms with Gasteiger partial charge >= 0.3 is 0 Å². The molecule has 0 aliphatic heterocycles. The van der Waals surface area contributed by atoms with Crippen molar-refractivity contribution in [2.24, 2.45) is 5.14 Å². The van der Waals surface area contributed by atoms with E-state index in [0.717, 1.165) is 0 Å². The zero-order chi connectivity index (χ0) is 17.7. The molecule has 0 heterocycles. The highest BCUT2D eigenvalue weighted by Crippen LogP contribution is 2.08. The van der Waals surface area contributed by atoms with Gasteiger partial charge in [0.15, 0.2) is 0 Å². The summed E-state index contributed by atoms with van der Waals surface area (Å²) in [5, 5.41) is 10.8. The van der Waals surface area contributed by atoms with Crippen LogP contribution in [0.4, 0.5) is 0 Å². The summed E-state index contributed by atoms with van der Waals surface area (Å²) in [6.45, 7) is 9.11. The Hall–Kier alpha value is -1.44. The summed E-state index contributed by atoms with van der Waals surface area (Å²) in [6.07, 6.45) is 3.88. The number of amides is 1. The Kier molecular flexibility index (Phi) is 11.3. The lowest BCUT2D eigenvalue weighted by atomic mass is 10.2. The van der Waals surface area contributed by atoms with Crippen molar-refractivity contribution in [2.75, 3.05) is 19.6 Å². The van der Waals surface area contributed by atoms with E-state index in [1.54, 1.807) is 6.92 Å². The van der Waals surface area contributed by atoms with Crippen LogP contribution in [-0.4, -0.2) is 34.0 Å². The molecule has 0 aliphatic rings. The van der Waals surface area contributed by atoms with Crippen LogP contribution in [0.3, 0.4) is 0 Å². The minimum absolute atomic E-state index is 0.00412. The molecule has 0 unspecified atom stereocenters. The average Bonchev–Trinajstić information content (AvgIpc) is 2.52. The third kappa shape index (κ3) is 10.0. The molecular formula is C16H29N3O3S. The predicted molar refractivity (Wildman–Crippen MR) is 93.9 cm³/mol. The van der Waals surface area contributed by atoms with Crippen LogP contribution >= 0.6 is 0 Å². The Labute approximate surface area is 139 Å². The fourth-order valence-corrected chi connectivity index (χ4v) is 2.18. The molecule has 0 saturated heterocycles. The van der Waals surface area contributed by atoms with Crippen LogP contribution < -0.4 is 15.8 Å². The first-order chi connectivity index (χ1) is 10.9. The Balaban J connectivity index is 0.000000515. The summed E-state index contributed by atoms with van der Waals surface area (Å²) >= 11 is 0. The normalized spacial score (nSPS) is 10.6. The standard InChI is InChI=1S/C9H12N2O3S.C7H17N/c1-2-11-9(12)7-3-5-8(6-4-7)15(10,13)14;1-3-5-7-8-6-4-2/h3-6H,2H2,1H3,(H,11,12)(H2,10,13,14);8H,3-7H2,1-2H3. The maximum absolute atomic E-state index is 11.3. The molecule has 6 nitrogen and oxygen atoms in total. The molecule has 132 valence electrons. The van der Waals surface area contributed by atoms with Gasteiger partial charge in [0, 0.05) is 12.1 Å². The van der Waals surface area contributed by atoms with E-state index in [-0.39, 0.29) is 10.8 Å². The fraction of sp³-hybridized carbons (Fsp3) is 0.562. The van der Waals surface area contributed by atoms with Gasteiger partial charge in [-0.1, -0.05) is 20.3 Å². The van der Waals surface area contributed by atoms with Gasteiger partial charge in [-0.3, -0.25) is 4.79 Å². The molecule has 1 aromatic carbocycles. The molecule has 0 radical (unpaired) electrons. The number of carbonyl (C=O) groups excluding carboxylic acids is 1. The molecular weight excluding hydrogens is 314 g/mol. The number of nitrogens with one attached hydrogen (secondary N) is 2. The van der Waals surface area contributed by atoms with Gasteiger partial charge in [0.05, 0.1) is 4.90 Å². The first-order valence-electron chi connectivity index (χ1n) is 7.98. The van der Waals surface area contributed by atoms with Crippen molar-refractivity contribution < 1.29 is 13.2 Å². The minimum Gasteiger partial charge on any atom is -0.352 e. The lowest BCUT2D eigenvalue weighted by Crippen LogP contribution is -2.22. The average molecular weight is 343 g/mol. The Morgan fingerprint density at radius 2 is 1.65 bits per heavy atom. The van der Waals surface area contributed by atoms with Crippen LogP contribution in [-0.2, 0) is 10.0 Å². The Morgan fingerprint density at radius 1 is 1.04 bits per heavy atom. The van der Waals surface area contributed by atoms with Crippen LogP contribution in [0, 0.1) is 0 Å². The summed E-state index contributed by atoms with van der Waals surface area (Å²) in [6, 6.07) is 5.45. The van der Waals surface area contributed by atoms with Crippen molar-refractivity contribution in [1.29, 1.82) is 0 Å². The van der Waals surface area contributed by atoms with Gasteiger partial charge in [0.2, 0.25) is 10.0 Å². The maximum atomic E-state index is 11.3. The molecule has 0 aromatic heterocycles. The van der Waals surface area contributed by atoms with Gasteiger partial charge in [0.25, 0.3) is 5.91 Å². The Morgan fingerprint density at radius 3 is 2.09 bits per heavy atom. The summed E-state index contributed by atoms with van der Waals surface area (Å²) in [7, 11) is -3.69. The topological polar surface area (TPSA) is 101 Å². The number of carbonyl (C=O) groups is 1. The quantitative estimate of drug-likeness (QED) is 0.627. The van der Waals surface area contributed by atoms with Gasteiger partial charge in [0.1, 0.15) is 0 Å². The molecule has 1 amide bonds. The second-order valence-electron chi connectivity index (χ2n) is 5.03. The van der Waals surface area contributed by atoms with Crippen LogP contribution in [0.25, 0.3) is 0 Å². The minimum atomic E-state index is -3.69. The molecule has 1 aromatic rings. The largest absolute Gasteiger partial charge is 0.352 e. The first kappa shape index (κ1) is 21.6. The first-order valence-corrected chi connectivity index (χ1v) is 9.53.